The third-order valence-corrected chi connectivity index (χ3v) is 2.91. The van der Waals surface area contributed by atoms with Crippen molar-refractivity contribution in [3.8, 4) is 0 Å². The largest absolute Gasteiger partial charge is 0.329 e. The van der Waals surface area contributed by atoms with Crippen molar-refractivity contribution in [2.45, 2.75) is 0 Å². The Morgan fingerprint density at radius 1 is 1.33 bits per heavy atom. The summed E-state index contributed by atoms with van der Waals surface area (Å²) in [7, 11) is -2.94. The molecular formula is C4H10ClNO2S. The van der Waals surface area contributed by atoms with E-state index < -0.39 is 9.84 Å². The summed E-state index contributed by atoms with van der Waals surface area (Å²) >= 11 is 5.20. The SMILES string of the molecule is NCCS(=O)(=O)CCCl. The summed E-state index contributed by atoms with van der Waals surface area (Å²) in [6.45, 7) is 0.180. The van der Waals surface area contributed by atoms with Gasteiger partial charge in [-0.05, 0) is 0 Å². The lowest BCUT2D eigenvalue weighted by Crippen LogP contribution is -2.18. The molecule has 0 atom stereocenters. The second-order valence-electron chi connectivity index (χ2n) is 1.63. The molecule has 9 heavy (non-hydrogen) atoms. The Morgan fingerprint density at radius 2 is 1.89 bits per heavy atom. The molecule has 0 rings (SSSR count). The molecule has 0 aliphatic carbocycles. The minimum Gasteiger partial charge on any atom is -0.329 e. The van der Waals surface area contributed by atoms with Crippen LogP contribution >= 0.6 is 11.6 Å². The molecule has 0 saturated carbocycles. The molecule has 0 bridgehead atoms. The van der Waals surface area contributed by atoms with Gasteiger partial charge in [0.25, 0.3) is 0 Å². The van der Waals surface area contributed by atoms with Gasteiger partial charge in [0.05, 0.1) is 11.5 Å². The number of sulfone groups is 1. The monoisotopic (exact) mass is 171 g/mol. The lowest BCUT2D eigenvalue weighted by atomic mass is 10.8. The van der Waals surface area contributed by atoms with Crippen LogP contribution in [0.4, 0.5) is 0 Å². The summed E-state index contributed by atoms with van der Waals surface area (Å²) < 4.78 is 21.3. The maximum atomic E-state index is 10.7. The molecule has 0 aromatic rings. The third-order valence-electron chi connectivity index (χ3n) is 0.817. The Balaban J connectivity index is 3.73. The normalized spacial score (nSPS) is 11.8. The molecule has 3 nitrogen and oxygen atoms in total. The molecule has 0 aliphatic heterocycles. The molecule has 0 aliphatic rings. The fourth-order valence-corrected chi connectivity index (χ4v) is 1.90. The lowest BCUT2D eigenvalue weighted by molar-refractivity contribution is 0.597. The van der Waals surface area contributed by atoms with Gasteiger partial charge in [-0.15, -0.1) is 11.6 Å². The minimum absolute atomic E-state index is 0.0335. The van der Waals surface area contributed by atoms with Crippen LogP contribution < -0.4 is 5.73 Å². The molecule has 0 radical (unpaired) electrons. The van der Waals surface area contributed by atoms with Crippen LogP contribution in [0.1, 0.15) is 0 Å². The average molecular weight is 172 g/mol. The quantitative estimate of drug-likeness (QED) is 0.586. The van der Waals surface area contributed by atoms with E-state index in [4.69, 9.17) is 17.3 Å². The predicted molar refractivity (Wildman–Crippen MR) is 38.4 cm³/mol. The smallest absolute Gasteiger partial charge is 0.152 e. The standard InChI is InChI=1S/C4H10ClNO2S/c5-1-3-9(7,8)4-2-6/h1-4,6H2. The fraction of sp³-hybridized carbons (Fsp3) is 1.00. The highest BCUT2D eigenvalue weighted by molar-refractivity contribution is 7.91. The van der Waals surface area contributed by atoms with Crippen LogP contribution in [0.25, 0.3) is 0 Å². The zero-order chi connectivity index (χ0) is 7.33. The third kappa shape index (κ3) is 4.69. The molecule has 0 heterocycles. The van der Waals surface area contributed by atoms with E-state index >= 15 is 0 Å². The summed E-state index contributed by atoms with van der Waals surface area (Å²) in [5.41, 5.74) is 5.02. The minimum atomic E-state index is -2.94. The van der Waals surface area contributed by atoms with E-state index in [9.17, 15) is 8.42 Å². The Labute approximate surface area is 60.1 Å². The van der Waals surface area contributed by atoms with Gasteiger partial charge in [-0.3, -0.25) is 0 Å². The molecule has 0 unspecified atom stereocenters. The highest BCUT2D eigenvalue weighted by Gasteiger charge is 2.06. The summed E-state index contributed by atoms with van der Waals surface area (Å²) in [6, 6.07) is 0. The first kappa shape index (κ1) is 9.20. The van der Waals surface area contributed by atoms with E-state index in [0.29, 0.717) is 0 Å². The molecule has 0 fully saturated rings. The van der Waals surface area contributed by atoms with Crippen LogP contribution in [0.5, 0.6) is 0 Å². The molecule has 0 amide bonds. The Kier molecular flexibility index (Phi) is 4.18. The Hall–Kier alpha value is 0.200. The van der Waals surface area contributed by atoms with Crippen molar-refractivity contribution in [1.82, 2.24) is 0 Å². The highest BCUT2D eigenvalue weighted by atomic mass is 35.5. The predicted octanol–water partition coefficient (Wildman–Crippen LogP) is -0.401. The van der Waals surface area contributed by atoms with Gasteiger partial charge in [0, 0.05) is 12.4 Å². The first-order chi connectivity index (χ1) is 4.12. The molecule has 0 aromatic carbocycles. The number of rotatable bonds is 4. The molecule has 56 valence electrons. The van der Waals surface area contributed by atoms with Crippen LogP contribution in [-0.4, -0.2) is 32.3 Å². The Bertz CT molecular complexity index is 142. The van der Waals surface area contributed by atoms with Gasteiger partial charge in [0.1, 0.15) is 0 Å². The number of alkyl halides is 1. The first-order valence-electron chi connectivity index (χ1n) is 2.59. The average Bonchev–Trinajstić information content (AvgIpc) is 1.64. The molecule has 5 heteroatoms. The van der Waals surface area contributed by atoms with Crippen LogP contribution in [0.3, 0.4) is 0 Å². The van der Waals surface area contributed by atoms with Crippen molar-refractivity contribution in [2.75, 3.05) is 23.9 Å². The van der Waals surface area contributed by atoms with Gasteiger partial charge in [0.15, 0.2) is 9.84 Å². The van der Waals surface area contributed by atoms with E-state index in [1.54, 1.807) is 0 Å². The van der Waals surface area contributed by atoms with E-state index in [2.05, 4.69) is 0 Å². The second-order valence-corrected chi connectivity index (χ2v) is 4.31. The van der Waals surface area contributed by atoms with Gasteiger partial charge in [0.2, 0.25) is 0 Å². The summed E-state index contributed by atoms with van der Waals surface area (Å²) in [4.78, 5) is 0. The van der Waals surface area contributed by atoms with Gasteiger partial charge < -0.3 is 5.73 Å². The summed E-state index contributed by atoms with van der Waals surface area (Å²) in [5.74, 6) is 0.230. The number of halogens is 1. The van der Waals surface area contributed by atoms with Crippen LogP contribution in [0.15, 0.2) is 0 Å². The molecule has 0 spiro atoms. The number of hydrogen-bond donors (Lipinski definition) is 1. The molecule has 0 aromatic heterocycles. The Morgan fingerprint density at radius 3 is 2.22 bits per heavy atom. The number of nitrogens with two attached hydrogens (primary N) is 1. The maximum Gasteiger partial charge on any atom is 0.152 e. The molecule has 0 saturated heterocycles. The van der Waals surface area contributed by atoms with Gasteiger partial charge in [-0.1, -0.05) is 0 Å². The van der Waals surface area contributed by atoms with Crippen LogP contribution in [0.2, 0.25) is 0 Å². The van der Waals surface area contributed by atoms with Crippen LogP contribution in [-0.2, 0) is 9.84 Å². The van der Waals surface area contributed by atoms with E-state index in [-0.39, 0.29) is 23.9 Å². The van der Waals surface area contributed by atoms with E-state index in [1.807, 2.05) is 0 Å². The van der Waals surface area contributed by atoms with Crippen molar-refractivity contribution in [3.05, 3.63) is 0 Å². The van der Waals surface area contributed by atoms with Crippen molar-refractivity contribution >= 4 is 21.4 Å². The van der Waals surface area contributed by atoms with E-state index in [1.165, 1.54) is 0 Å². The topological polar surface area (TPSA) is 60.2 Å². The summed E-state index contributed by atoms with van der Waals surface area (Å²) in [6.07, 6.45) is 0. The second kappa shape index (κ2) is 4.09. The van der Waals surface area contributed by atoms with Crippen molar-refractivity contribution in [1.29, 1.82) is 0 Å². The van der Waals surface area contributed by atoms with Crippen molar-refractivity contribution < 1.29 is 8.42 Å². The molecule has 2 N–H and O–H groups in total. The van der Waals surface area contributed by atoms with Gasteiger partial charge >= 0.3 is 0 Å². The van der Waals surface area contributed by atoms with Crippen LogP contribution in [0, 0.1) is 0 Å². The number of hydrogen-bond acceptors (Lipinski definition) is 3. The maximum absolute atomic E-state index is 10.7. The van der Waals surface area contributed by atoms with Crippen molar-refractivity contribution in [3.63, 3.8) is 0 Å². The first-order valence-corrected chi connectivity index (χ1v) is 4.94. The van der Waals surface area contributed by atoms with E-state index in [0.717, 1.165) is 0 Å². The highest BCUT2D eigenvalue weighted by Crippen LogP contribution is 1.89. The molecular weight excluding hydrogens is 162 g/mol. The van der Waals surface area contributed by atoms with Gasteiger partial charge in [-0.25, -0.2) is 8.42 Å². The fourth-order valence-electron chi connectivity index (χ4n) is 0.399. The summed E-state index contributed by atoms with van der Waals surface area (Å²) in [5, 5.41) is 0. The lowest BCUT2D eigenvalue weighted by Gasteiger charge is -1.96. The van der Waals surface area contributed by atoms with Gasteiger partial charge in [-0.2, -0.15) is 0 Å². The zero-order valence-corrected chi connectivity index (χ0v) is 6.58. The van der Waals surface area contributed by atoms with Crippen molar-refractivity contribution in [2.24, 2.45) is 5.73 Å². The zero-order valence-electron chi connectivity index (χ0n) is 5.01.